The number of nitrogens with one attached hydrogen (secondary N) is 1. The first-order valence-electron chi connectivity index (χ1n) is 7.86. The number of rotatable bonds is 6. The minimum atomic E-state index is -0.382. The first-order valence-corrected chi connectivity index (χ1v) is 9.55. The number of hydrogen-bond acceptors (Lipinski definition) is 6. The Kier molecular flexibility index (Phi) is 5.65. The fourth-order valence-corrected chi connectivity index (χ4v) is 4.62. The number of ether oxygens (including phenoxy) is 2. The van der Waals surface area contributed by atoms with E-state index in [2.05, 4.69) is 5.32 Å². The van der Waals surface area contributed by atoms with E-state index in [4.69, 9.17) is 9.47 Å². The van der Waals surface area contributed by atoms with Crippen LogP contribution in [0, 0.1) is 0 Å². The molecule has 3 rings (SSSR count). The van der Waals surface area contributed by atoms with Gasteiger partial charge in [0.15, 0.2) is 0 Å². The molecule has 1 amide bonds. The van der Waals surface area contributed by atoms with Gasteiger partial charge in [-0.1, -0.05) is 6.07 Å². The summed E-state index contributed by atoms with van der Waals surface area (Å²) in [5.41, 5.74) is 1.56. The molecule has 2 aromatic rings. The number of thiophene rings is 2. The van der Waals surface area contributed by atoms with Crippen LogP contribution in [0.1, 0.15) is 43.3 Å². The second-order valence-corrected chi connectivity index (χ2v) is 7.53. The van der Waals surface area contributed by atoms with E-state index in [1.165, 1.54) is 27.6 Å². The Labute approximate surface area is 148 Å². The largest absolute Gasteiger partial charge is 0.460 e. The zero-order valence-electron chi connectivity index (χ0n) is 13.4. The molecule has 2 aromatic heterocycles. The molecule has 0 saturated heterocycles. The third-order valence-electron chi connectivity index (χ3n) is 3.87. The smallest absolute Gasteiger partial charge is 0.341 e. The number of esters is 1. The van der Waals surface area contributed by atoms with Gasteiger partial charge in [-0.2, -0.15) is 0 Å². The number of aryl methyl sites for hydroxylation is 1. The van der Waals surface area contributed by atoms with Crippen LogP contribution >= 0.6 is 22.7 Å². The van der Waals surface area contributed by atoms with Crippen LogP contribution in [0.5, 0.6) is 0 Å². The van der Waals surface area contributed by atoms with E-state index in [1.54, 1.807) is 13.2 Å². The molecule has 0 unspecified atom stereocenters. The summed E-state index contributed by atoms with van der Waals surface area (Å²) < 4.78 is 10.2. The first kappa shape index (κ1) is 17.1. The van der Waals surface area contributed by atoms with Crippen LogP contribution in [0.4, 0.5) is 5.00 Å². The SMILES string of the molecule is COCCOC(=O)c1c(NC(=O)c2cccs2)sc2c1CCCC2. The average molecular weight is 365 g/mol. The summed E-state index contributed by atoms with van der Waals surface area (Å²) in [4.78, 5) is 26.7. The Balaban J connectivity index is 1.85. The van der Waals surface area contributed by atoms with Crippen LogP contribution in [0.2, 0.25) is 0 Å². The highest BCUT2D eigenvalue weighted by Crippen LogP contribution is 2.38. The van der Waals surface area contributed by atoms with Crippen LogP contribution in [-0.2, 0) is 22.3 Å². The highest BCUT2D eigenvalue weighted by Gasteiger charge is 2.27. The molecule has 0 spiro atoms. The zero-order valence-corrected chi connectivity index (χ0v) is 15.1. The molecule has 24 heavy (non-hydrogen) atoms. The number of carbonyl (C=O) groups excluding carboxylic acids is 2. The maximum absolute atomic E-state index is 12.5. The summed E-state index contributed by atoms with van der Waals surface area (Å²) in [7, 11) is 1.56. The van der Waals surface area contributed by atoms with E-state index < -0.39 is 0 Å². The Morgan fingerprint density at radius 1 is 1.25 bits per heavy atom. The van der Waals surface area contributed by atoms with E-state index in [1.807, 2.05) is 11.4 Å². The Morgan fingerprint density at radius 3 is 2.83 bits per heavy atom. The van der Waals surface area contributed by atoms with Crippen LogP contribution < -0.4 is 5.32 Å². The molecular weight excluding hydrogens is 346 g/mol. The van der Waals surface area contributed by atoms with Gasteiger partial charge in [-0.25, -0.2) is 4.79 Å². The molecule has 0 fully saturated rings. The molecule has 1 aliphatic rings. The van der Waals surface area contributed by atoms with Crippen molar-refractivity contribution in [1.29, 1.82) is 0 Å². The predicted octanol–water partition coefficient (Wildman–Crippen LogP) is 3.74. The van der Waals surface area contributed by atoms with Crippen molar-refractivity contribution in [1.82, 2.24) is 0 Å². The lowest BCUT2D eigenvalue weighted by Gasteiger charge is -2.12. The van der Waals surface area contributed by atoms with E-state index in [-0.39, 0.29) is 18.5 Å². The van der Waals surface area contributed by atoms with Gasteiger partial charge in [-0.15, -0.1) is 22.7 Å². The van der Waals surface area contributed by atoms with Gasteiger partial charge in [-0.3, -0.25) is 4.79 Å². The van der Waals surface area contributed by atoms with E-state index in [9.17, 15) is 9.59 Å². The van der Waals surface area contributed by atoms with E-state index in [0.29, 0.717) is 22.0 Å². The minimum absolute atomic E-state index is 0.186. The van der Waals surface area contributed by atoms with Gasteiger partial charge in [0, 0.05) is 12.0 Å². The van der Waals surface area contributed by atoms with Gasteiger partial charge in [0.25, 0.3) is 5.91 Å². The number of hydrogen-bond donors (Lipinski definition) is 1. The van der Waals surface area contributed by atoms with Gasteiger partial charge < -0.3 is 14.8 Å². The molecule has 0 aromatic carbocycles. The fraction of sp³-hybridized carbons (Fsp3) is 0.412. The molecule has 0 atom stereocenters. The normalized spacial score (nSPS) is 13.4. The van der Waals surface area contributed by atoms with Gasteiger partial charge in [-0.05, 0) is 42.7 Å². The van der Waals surface area contributed by atoms with Crippen molar-refractivity contribution < 1.29 is 19.1 Å². The highest BCUT2D eigenvalue weighted by atomic mass is 32.1. The Morgan fingerprint density at radius 2 is 2.08 bits per heavy atom. The van der Waals surface area contributed by atoms with Crippen LogP contribution in [-0.4, -0.2) is 32.2 Å². The second kappa shape index (κ2) is 7.92. The van der Waals surface area contributed by atoms with E-state index >= 15 is 0 Å². The van der Waals surface area contributed by atoms with Crippen molar-refractivity contribution in [3.8, 4) is 0 Å². The summed E-state index contributed by atoms with van der Waals surface area (Å²) in [5.74, 6) is -0.567. The molecule has 5 nitrogen and oxygen atoms in total. The summed E-state index contributed by atoms with van der Waals surface area (Å²) in [6.07, 6.45) is 3.98. The highest BCUT2D eigenvalue weighted by molar-refractivity contribution is 7.17. The van der Waals surface area contributed by atoms with Crippen LogP contribution in [0.3, 0.4) is 0 Å². The first-order chi connectivity index (χ1) is 11.7. The number of carbonyl (C=O) groups is 2. The van der Waals surface area contributed by atoms with Gasteiger partial charge in [0.05, 0.1) is 17.0 Å². The average Bonchev–Trinajstić information content (AvgIpc) is 3.22. The summed E-state index contributed by atoms with van der Waals surface area (Å²) in [6, 6.07) is 3.60. The van der Waals surface area contributed by atoms with Gasteiger partial charge in [0.2, 0.25) is 0 Å². The van der Waals surface area contributed by atoms with Crippen LogP contribution in [0.25, 0.3) is 0 Å². The topological polar surface area (TPSA) is 64.6 Å². The van der Waals surface area contributed by atoms with E-state index in [0.717, 1.165) is 31.2 Å². The molecule has 0 saturated carbocycles. The Bertz CT molecular complexity index is 721. The molecule has 0 aliphatic heterocycles. The minimum Gasteiger partial charge on any atom is -0.460 e. The van der Waals surface area contributed by atoms with Crippen molar-refractivity contribution in [2.24, 2.45) is 0 Å². The third-order valence-corrected chi connectivity index (χ3v) is 5.94. The molecule has 0 radical (unpaired) electrons. The third kappa shape index (κ3) is 3.68. The summed E-state index contributed by atoms with van der Waals surface area (Å²) >= 11 is 2.87. The lowest BCUT2D eigenvalue weighted by atomic mass is 9.95. The van der Waals surface area contributed by atoms with Crippen molar-refractivity contribution in [2.45, 2.75) is 25.7 Å². The maximum Gasteiger partial charge on any atom is 0.341 e. The lowest BCUT2D eigenvalue weighted by molar-refractivity contribution is 0.0388. The standard InChI is InChI=1S/C17H19NO4S2/c1-21-8-9-22-17(20)14-11-5-2-3-6-12(11)24-16(14)18-15(19)13-7-4-10-23-13/h4,7,10H,2-3,5-6,8-9H2,1H3,(H,18,19). The van der Waals surface area contributed by atoms with Gasteiger partial charge in [0.1, 0.15) is 11.6 Å². The number of anilines is 1. The zero-order chi connectivity index (χ0) is 16.9. The lowest BCUT2D eigenvalue weighted by Crippen LogP contribution is -2.16. The second-order valence-electron chi connectivity index (χ2n) is 5.48. The molecule has 0 bridgehead atoms. The molecule has 2 heterocycles. The van der Waals surface area contributed by atoms with Crippen molar-refractivity contribution in [3.63, 3.8) is 0 Å². The summed E-state index contributed by atoms with van der Waals surface area (Å²) in [5, 5.41) is 5.35. The molecule has 1 aliphatic carbocycles. The molecular formula is C17H19NO4S2. The van der Waals surface area contributed by atoms with Crippen molar-refractivity contribution in [3.05, 3.63) is 38.4 Å². The fourth-order valence-electron chi connectivity index (χ4n) is 2.73. The van der Waals surface area contributed by atoms with Crippen LogP contribution in [0.15, 0.2) is 17.5 Å². The molecule has 7 heteroatoms. The quantitative estimate of drug-likeness (QED) is 0.625. The predicted molar refractivity (Wildman–Crippen MR) is 95.4 cm³/mol. The van der Waals surface area contributed by atoms with Gasteiger partial charge >= 0.3 is 5.97 Å². The number of amides is 1. The van der Waals surface area contributed by atoms with Crippen molar-refractivity contribution >= 4 is 39.6 Å². The monoisotopic (exact) mass is 365 g/mol. The number of fused-ring (bicyclic) bond motifs is 1. The Hall–Kier alpha value is -1.70. The molecule has 128 valence electrons. The number of methoxy groups -OCH3 is 1. The molecule has 1 N–H and O–H groups in total. The van der Waals surface area contributed by atoms with Crippen molar-refractivity contribution in [2.75, 3.05) is 25.6 Å². The summed E-state index contributed by atoms with van der Waals surface area (Å²) in [6.45, 7) is 0.563. The maximum atomic E-state index is 12.5.